The molecule has 2 rings (SSSR count). The number of nitrogens with one attached hydrogen (secondary N) is 1. The summed E-state index contributed by atoms with van der Waals surface area (Å²) in [5.41, 5.74) is 4.78. The highest BCUT2D eigenvalue weighted by Crippen LogP contribution is 2.19. The van der Waals surface area contributed by atoms with Crippen molar-refractivity contribution in [1.29, 1.82) is 0 Å². The Bertz CT molecular complexity index is 298. The number of hydrogen-bond acceptors (Lipinski definition) is 4. The summed E-state index contributed by atoms with van der Waals surface area (Å²) in [5.74, 6) is -0.217. The molecule has 1 fully saturated rings. The van der Waals surface area contributed by atoms with Gasteiger partial charge in [0.1, 0.15) is 5.60 Å². The van der Waals surface area contributed by atoms with Crippen LogP contribution in [0.4, 0.5) is 0 Å². The SMILES string of the molecule is NC1C=CC(C(=O)NCC2(O)CCOC2)C1. The molecule has 1 amide bonds. The molecule has 5 heteroatoms. The van der Waals surface area contributed by atoms with E-state index in [1.54, 1.807) is 0 Å². The van der Waals surface area contributed by atoms with Crippen LogP contribution in [0.2, 0.25) is 0 Å². The van der Waals surface area contributed by atoms with Crippen molar-refractivity contribution >= 4 is 5.91 Å². The fourth-order valence-corrected chi connectivity index (χ4v) is 2.04. The third-order valence-electron chi connectivity index (χ3n) is 3.13. The molecule has 1 saturated heterocycles. The molecule has 0 radical (unpaired) electrons. The summed E-state index contributed by atoms with van der Waals surface area (Å²) in [6.07, 6.45) is 4.90. The molecule has 0 spiro atoms. The lowest BCUT2D eigenvalue weighted by Crippen LogP contribution is -2.45. The van der Waals surface area contributed by atoms with E-state index in [2.05, 4.69) is 5.32 Å². The normalized spacial score (nSPS) is 37.9. The number of hydrogen-bond donors (Lipinski definition) is 3. The first-order valence-corrected chi connectivity index (χ1v) is 5.61. The van der Waals surface area contributed by atoms with Crippen LogP contribution in [0.25, 0.3) is 0 Å². The molecule has 4 N–H and O–H groups in total. The van der Waals surface area contributed by atoms with Gasteiger partial charge in [0.2, 0.25) is 5.91 Å². The van der Waals surface area contributed by atoms with Gasteiger partial charge in [-0.2, -0.15) is 0 Å². The second-order valence-corrected chi connectivity index (χ2v) is 4.64. The smallest absolute Gasteiger partial charge is 0.227 e. The maximum Gasteiger partial charge on any atom is 0.227 e. The Hall–Kier alpha value is -0.910. The Morgan fingerprint density at radius 3 is 3.00 bits per heavy atom. The lowest BCUT2D eigenvalue weighted by molar-refractivity contribution is -0.124. The number of nitrogens with two attached hydrogens (primary N) is 1. The molecule has 90 valence electrons. The number of ether oxygens (including phenoxy) is 1. The molecule has 1 aliphatic carbocycles. The Morgan fingerprint density at radius 2 is 2.44 bits per heavy atom. The van der Waals surface area contributed by atoms with E-state index in [-0.39, 0.29) is 24.4 Å². The van der Waals surface area contributed by atoms with Crippen LogP contribution in [0.15, 0.2) is 12.2 Å². The standard InChI is InChI=1S/C11H18N2O3/c12-9-2-1-8(5-9)10(14)13-6-11(15)3-4-16-7-11/h1-2,8-9,15H,3-7,12H2,(H,13,14). The molecule has 3 unspecified atom stereocenters. The second-order valence-electron chi connectivity index (χ2n) is 4.64. The van der Waals surface area contributed by atoms with E-state index in [1.165, 1.54) is 0 Å². The highest BCUT2D eigenvalue weighted by molar-refractivity contribution is 5.81. The van der Waals surface area contributed by atoms with E-state index in [9.17, 15) is 9.90 Å². The van der Waals surface area contributed by atoms with Crippen LogP contribution in [0.5, 0.6) is 0 Å². The van der Waals surface area contributed by atoms with Crippen molar-refractivity contribution in [1.82, 2.24) is 5.32 Å². The van der Waals surface area contributed by atoms with E-state index >= 15 is 0 Å². The zero-order valence-corrected chi connectivity index (χ0v) is 9.19. The number of carbonyl (C=O) groups excluding carboxylic acids is 1. The van der Waals surface area contributed by atoms with Gasteiger partial charge in [-0.1, -0.05) is 12.2 Å². The molecule has 5 nitrogen and oxygen atoms in total. The van der Waals surface area contributed by atoms with Crippen molar-refractivity contribution in [3.63, 3.8) is 0 Å². The second kappa shape index (κ2) is 4.53. The fourth-order valence-electron chi connectivity index (χ4n) is 2.04. The van der Waals surface area contributed by atoms with E-state index in [0.717, 1.165) is 0 Å². The Balaban J connectivity index is 1.77. The van der Waals surface area contributed by atoms with Crippen LogP contribution in [-0.2, 0) is 9.53 Å². The van der Waals surface area contributed by atoms with Gasteiger partial charge >= 0.3 is 0 Å². The van der Waals surface area contributed by atoms with Crippen LogP contribution in [-0.4, -0.2) is 42.4 Å². The number of carbonyl (C=O) groups is 1. The molecular weight excluding hydrogens is 208 g/mol. The van der Waals surface area contributed by atoms with Gasteiger partial charge in [0.25, 0.3) is 0 Å². The first-order chi connectivity index (χ1) is 7.59. The van der Waals surface area contributed by atoms with Crippen LogP contribution >= 0.6 is 0 Å². The van der Waals surface area contributed by atoms with Crippen LogP contribution in [0.3, 0.4) is 0 Å². The Labute approximate surface area is 94.6 Å². The number of rotatable bonds is 3. The molecule has 0 saturated carbocycles. The molecule has 0 aromatic rings. The molecular formula is C11H18N2O3. The van der Waals surface area contributed by atoms with Gasteiger partial charge in [0, 0.05) is 25.6 Å². The summed E-state index contributed by atoms with van der Waals surface area (Å²) in [6, 6.07) is -0.0198. The van der Waals surface area contributed by atoms with Crippen molar-refractivity contribution in [3.05, 3.63) is 12.2 Å². The minimum Gasteiger partial charge on any atom is -0.386 e. The topological polar surface area (TPSA) is 84.6 Å². The first-order valence-electron chi connectivity index (χ1n) is 5.61. The van der Waals surface area contributed by atoms with E-state index in [0.29, 0.717) is 26.1 Å². The lowest BCUT2D eigenvalue weighted by atomic mass is 10.0. The average molecular weight is 226 g/mol. The van der Waals surface area contributed by atoms with Crippen molar-refractivity contribution in [2.24, 2.45) is 11.7 Å². The van der Waals surface area contributed by atoms with Gasteiger partial charge in [-0.05, 0) is 6.42 Å². The van der Waals surface area contributed by atoms with Crippen molar-refractivity contribution < 1.29 is 14.6 Å². The monoisotopic (exact) mass is 226 g/mol. The summed E-state index contributed by atoms with van der Waals surface area (Å²) < 4.78 is 5.10. The summed E-state index contributed by atoms with van der Waals surface area (Å²) in [5, 5.41) is 12.7. The molecule has 2 aliphatic rings. The molecule has 0 aromatic heterocycles. The van der Waals surface area contributed by atoms with Crippen molar-refractivity contribution in [2.75, 3.05) is 19.8 Å². The molecule has 1 heterocycles. The van der Waals surface area contributed by atoms with Gasteiger partial charge in [-0.25, -0.2) is 0 Å². The molecule has 3 atom stereocenters. The lowest BCUT2D eigenvalue weighted by Gasteiger charge is -2.21. The Morgan fingerprint density at radius 1 is 1.62 bits per heavy atom. The van der Waals surface area contributed by atoms with Crippen LogP contribution in [0, 0.1) is 5.92 Å². The van der Waals surface area contributed by atoms with E-state index < -0.39 is 5.60 Å². The minimum absolute atomic E-state index is 0.0198. The van der Waals surface area contributed by atoms with E-state index in [1.807, 2.05) is 12.2 Å². The van der Waals surface area contributed by atoms with E-state index in [4.69, 9.17) is 10.5 Å². The third kappa shape index (κ3) is 2.61. The van der Waals surface area contributed by atoms with Crippen LogP contribution < -0.4 is 11.1 Å². The number of amides is 1. The van der Waals surface area contributed by atoms with Gasteiger partial charge in [0.15, 0.2) is 0 Å². The first kappa shape index (κ1) is 11.6. The van der Waals surface area contributed by atoms with Gasteiger partial charge in [-0.3, -0.25) is 4.79 Å². The summed E-state index contributed by atoms with van der Waals surface area (Å²) >= 11 is 0. The highest BCUT2D eigenvalue weighted by atomic mass is 16.5. The molecule has 0 bridgehead atoms. The Kier molecular flexibility index (Phi) is 3.28. The van der Waals surface area contributed by atoms with Gasteiger partial charge in [0.05, 0.1) is 12.5 Å². The van der Waals surface area contributed by atoms with Crippen molar-refractivity contribution in [2.45, 2.75) is 24.5 Å². The summed E-state index contributed by atoms with van der Waals surface area (Å²) in [4.78, 5) is 11.7. The van der Waals surface area contributed by atoms with Crippen LogP contribution in [0.1, 0.15) is 12.8 Å². The molecule has 0 aromatic carbocycles. The zero-order valence-electron chi connectivity index (χ0n) is 9.19. The minimum atomic E-state index is -0.889. The van der Waals surface area contributed by atoms with Gasteiger partial charge in [-0.15, -0.1) is 0 Å². The maximum atomic E-state index is 11.7. The predicted molar refractivity (Wildman–Crippen MR) is 58.6 cm³/mol. The highest BCUT2D eigenvalue weighted by Gasteiger charge is 2.33. The summed E-state index contributed by atoms with van der Waals surface area (Å²) in [6.45, 7) is 1.11. The maximum absolute atomic E-state index is 11.7. The molecule has 1 aliphatic heterocycles. The predicted octanol–water partition coefficient (Wildman–Crippen LogP) is -0.843. The number of aliphatic hydroxyl groups is 1. The van der Waals surface area contributed by atoms with Crippen molar-refractivity contribution in [3.8, 4) is 0 Å². The quantitative estimate of drug-likeness (QED) is 0.548. The largest absolute Gasteiger partial charge is 0.386 e. The fraction of sp³-hybridized carbons (Fsp3) is 0.727. The third-order valence-corrected chi connectivity index (χ3v) is 3.13. The van der Waals surface area contributed by atoms with Gasteiger partial charge < -0.3 is 20.9 Å². The zero-order chi connectivity index (χ0) is 11.6. The summed E-state index contributed by atoms with van der Waals surface area (Å²) in [7, 11) is 0. The average Bonchev–Trinajstić information content (AvgIpc) is 2.85. The molecule has 16 heavy (non-hydrogen) atoms.